The number of hydrogen-bond donors (Lipinski definition) is 0. The number of hydrogen-bond acceptors (Lipinski definition) is 4. The number of piperidine rings is 1. The lowest BCUT2D eigenvalue weighted by Gasteiger charge is -2.39. The van der Waals surface area contributed by atoms with Gasteiger partial charge in [0.25, 0.3) is 5.91 Å². The molecule has 1 aliphatic carbocycles. The minimum absolute atomic E-state index is 0.0934. The van der Waals surface area contributed by atoms with Crippen LogP contribution in [0.5, 0.6) is 0 Å². The molecule has 2 aromatic rings. The molecule has 3 fully saturated rings. The molecule has 3 aliphatic rings. The van der Waals surface area contributed by atoms with E-state index in [0.29, 0.717) is 30.3 Å². The third kappa shape index (κ3) is 3.01. The van der Waals surface area contributed by atoms with E-state index in [2.05, 4.69) is 10.1 Å². The van der Waals surface area contributed by atoms with Gasteiger partial charge in [-0.2, -0.15) is 0 Å². The smallest absolute Gasteiger partial charge is 0.259 e. The third-order valence-corrected chi connectivity index (χ3v) is 6.48. The highest BCUT2D eigenvalue weighted by molar-refractivity contribution is 6.00. The second-order valence-electron chi connectivity index (χ2n) is 8.49. The summed E-state index contributed by atoms with van der Waals surface area (Å²) in [5, 5.41) is 3.86. The van der Waals surface area contributed by atoms with Crippen molar-refractivity contribution in [1.29, 1.82) is 0 Å². The largest absolute Gasteiger partial charge is 0.355 e. The molecule has 0 bridgehead atoms. The summed E-state index contributed by atoms with van der Waals surface area (Å²) in [5.74, 6) is 1.36. The summed E-state index contributed by atoms with van der Waals surface area (Å²) in [7, 11) is 0. The number of amides is 2. The van der Waals surface area contributed by atoms with Gasteiger partial charge < -0.3 is 14.3 Å². The summed E-state index contributed by atoms with van der Waals surface area (Å²) in [6, 6.07) is 9.55. The maximum atomic E-state index is 13.2. The Kier molecular flexibility index (Phi) is 4.22. The molecule has 6 nitrogen and oxygen atoms in total. The molecule has 5 rings (SSSR count). The molecule has 2 saturated heterocycles. The van der Waals surface area contributed by atoms with E-state index in [1.807, 2.05) is 35.2 Å². The Hall–Kier alpha value is -2.63. The van der Waals surface area contributed by atoms with Crippen LogP contribution in [0, 0.1) is 11.3 Å². The Morgan fingerprint density at radius 2 is 2.00 bits per heavy atom. The van der Waals surface area contributed by atoms with Crippen LogP contribution in [-0.2, 0) is 4.79 Å². The van der Waals surface area contributed by atoms with E-state index < -0.39 is 5.41 Å². The fourth-order valence-corrected chi connectivity index (χ4v) is 4.72. The summed E-state index contributed by atoms with van der Waals surface area (Å²) >= 11 is 0. The molecule has 2 amide bonds. The van der Waals surface area contributed by atoms with Crippen LogP contribution in [0.2, 0.25) is 0 Å². The van der Waals surface area contributed by atoms with Crippen molar-refractivity contribution in [3.05, 3.63) is 42.1 Å². The van der Waals surface area contributed by atoms with E-state index in [1.54, 1.807) is 0 Å². The summed E-state index contributed by atoms with van der Waals surface area (Å²) in [6.45, 7) is 2.89. The first-order valence-corrected chi connectivity index (χ1v) is 10.3. The quantitative estimate of drug-likeness (QED) is 0.818. The van der Waals surface area contributed by atoms with E-state index in [9.17, 15) is 9.59 Å². The Morgan fingerprint density at radius 1 is 1.18 bits per heavy atom. The van der Waals surface area contributed by atoms with Crippen molar-refractivity contribution in [2.75, 3.05) is 26.2 Å². The van der Waals surface area contributed by atoms with E-state index in [0.717, 1.165) is 37.9 Å². The molecule has 1 aromatic heterocycles. The lowest BCUT2D eigenvalue weighted by molar-refractivity contribution is -0.145. The highest BCUT2D eigenvalue weighted by atomic mass is 16.5. The minimum atomic E-state index is -0.396. The summed E-state index contributed by atoms with van der Waals surface area (Å²) in [5.41, 5.74) is 0.912. The predicted molar refractivity (Wildman–Crippen MR) is 103 cm³/mol. The zero-order chi connectivity index (χ0) is 19.1. The maximum absolute atomic E-state index is 13.2. The van der Waals surface area contributed by atoms with Crippen molar-refractivity contribution in [1.82, 2.24) is 15.0 Å². The molecule has 2 aliphatic heterocycles. The summed E-state index contributed by atoms with van der Waals surface area (Å²) < 4.78 is 5.38. The molecule has 1 aromatic carbocycles. The normalized spacial score (nSPS) is 24.9. The second kappa shape index (κ2) is 6.76. The standard InChI is InChI=1S/C22H25N3O3/c26-20(18-13-23-28-19(18)17-5-2-1-3-6-17)25-12-10-22(15-25)9-4-11-24(21(22)27)14-16-7-8-16/h1-3,5-6,13,16H,4,7-12,14-15H2/t22-/m1/s1. The lowest BCUT2D eigenvalue weighted by Crippen LogP contribution is -2.50. The van der Waals surface area contributed by atoms with Gasteiger partial charge >= 0.3 is 0 Å². The van der Waals surface area contributed by atoms with Crippen LogP contribution in [-0.4, -0.2) is 52.9 Å². The zero-order valence-electron chi connectivity index (χ0n) is 16.0. The molecule has 1 saturated carbocycles. The Bertz CT molecular complexity index is 889. The van der Waals surface area contributed by atoms with Gasteiger partial charge in [0.1, 0.15) is 5.56 Å². The van der Waals surface area contributed by atoms with Gasteiger partial charge in [-0.3, -0.25) is 9.59 Å². The Labute approximate surface area is 164 Å². The molecule has 6 heteroatoms. The van der Waals surface area contributed by atoms with Crippen molar-refractivity contribution >= 4 is 11.8 Å². The SMILES string of the molecule is O=C(c1cnoc1-c1ccccc1)N1CC[C@]2(CCCN(CC3CC3)C2=O)C1. The van der Waals surface area contributed by atoms with Gasteiger partial charge in [-0.05, 0) is 38.0 Å². The first-order valence-electron chi connectivity index (χ1n) is 10.3. The van der Waals surface area contributed by atoms with Gasteiger partial charge in [0.15, 0.2) is 5.76 Å². The third-order valence-electron chi connectivity index (χ3n) is 6.48. The number of aromatic nitrogens is 1. The minimum Gasteiger partial charge on any atom is -0.355 e. The molecule has 28 heavy (non-hydrogen) atoms. The molecule has 1 atom stereocenters. The van der Waals surface area contributed by atoms with E-state index >= 15 is 0 Å². The van der Waals surface area contributed by atoms with Gasteiger partial charge in [0.05, 0.1) is 11.6 Å². The first kappa shape index (κ1) is 17.5. The molecule has 1 spiro atoms. The average Bonchev–Trinajstić information content (AvgIpc) is 3.24. The lowest BCUT2D eigenvalue weighted by atomic mass is 9.78. The van der Waals surface area contributed by atoms with Gasteiger partial charge in [0.2, 0.25) is 5.91 Å². The number of likely N-dealkylation sites (tertiary alicyclic amines) is 2. The van der Waals surface area contributed by atoms with E-state index in [-0.39, 0.29) is 11.8 Å². The summed E-state index contributed by atoms with van der Waals surface area (Å²) in [4.78, 5) is 30.3. The first-order chi connectivity index (χ1) is 13.7. The summed E-state index contributed by atoms with van der Waals surface area (Å²) in [6.07, 6.45) is 6.66. The second-order valence-corrected chi connectivity index (χ2v) is 8.49. The molecule has 0 unspecified atom stereocenters. The maximum Gasteiger partial charge on any atom is 0.259 e. The van der Waals surface area contributed by atoms with Crippen molar-refractivity contribution in [2.45, 2.75) is 32.1 Å². The number of rotatable bonds is 4. The number of benzene rings is 1. The number of nitrogens with zero attached hydrogens (tertiary/aromatic N) is 3. The van der Waals surface area contributed by atoms with Gasteiger partial charge in [-0.15, -0.1) is 0 Å². The van der Waals surface area contributed by atoms with Crippen molar-refractivity contribution in [3.63, 3.8) is 0 Å². The van der Waals surface area contributed by atoms with Crippen LogP contribution >= 0.6 is 0 Å². The van der Waals surface area contributed by atoms with Crippen LogP contribution < -0.4 is 0 Å². The van der Waals surface area contributed by atoms with Gasteiger partial charge in [0, 0.05) is 31.7 Å². The van der Waals surface area contributed by atoms with Gasteiger partial charge in [-0.25, -0.2) is 0 Å². The molecular weight excluding hydrogens is 354 g/mol. The highest BCUT2D eigenvalue weighted by Gasteiger charge is 2.50. The van der Waals surface area contributed by atoms with E-state index in [1.165, 1.54) is 19.0 Å². The fraction of sp³-hybridized carbons (Fsp3) is 0.500. The molecule has 146 valence electrons. The van der Waals surface area contributed by atoms with Crippen molar-refractivity contribution in [2.24, 2.45) is 11.3 Å². The fourth-order valence-electron chi connectivity index (χ4n) is 4.72. The van der Waals surface area contributed by atoms with Crippen LogP contribution in [0.3, 0.4) is 0 Å². The van der Waals surface area contributed by atoms with Crippen LogP contribution in [0.1, 0.15) is 42.5 Å². The van der Waals surface area contributed by atoms with Crippen molar-refractivity contribution in [3.8, 4) is 11.3 Å². The number of carbonyl (C=O) groups excluding carboxylic acids is 2. The Balaban J connectivity index is 1.34. The average molecular weight is 379 g/mol. The molecule has 3 heterocycles. The van der Waals surface area contributed by atoms with Gasteiger partial charge in [-0.1, -0.05) is 35.5 Å². The highest BCUT2D eigenvalue weighted by Crippen LogP contribution is 2.42. The topological polar surface area (TPSA) is 66.7 Å². The molecular formula is C22H25N3O3. The van der Waals surface area contributed by atoms with Crippen LogP contribution in [0.15, 0.2) is 41.1 Å². The molecule has 0 radical (unpaired) electrons. The predicted octanol–water partition coefficient (Wildman–Crippen LogP) is 3.21. The van der Waals surface area contributed by atoms with Crippen LogP contribution in [0.4, 0.5) is 0 Å². The number of carbonyl (C=O) groups is 2. The monoisotopic (exact) mass is 379 g/mol. The Morgan fingerprint density at radius 3 is 2.79 bits per heavy atom. The zero-order valence-corrected chi connectivity index (χ0v) is 16.0. The van der Waals surface area contributed by atoms with Crippen LogP contribution in [0.25, 0.3) is 11.3 Å². The van der Waals surface area contributed by atoms with Crippen molar-refractivity contribution < 1.29 is 14.1 Å². The molecule has 0 N–H and O–H groups in total. The van der Waals surface area contributed by atoms with E-state index in [4.69, 9.17) is 4.52 Å².